The number of carbonyl (C=O) groups excluding carboxylic acids is 1. The van der Waals surface area contributed by atoms with Crippen molar-refractivity contribution >= 4 is 27.8 Å². The Hall–Kier alpha value is -3.07. The molecule has 118 valence electrons. The fourth-order valence-corrected chi connectivity index (χ4v) is 3.29. The van der Waals surface area contributed by atoms with Crippen LogP contribution in [0.15, 0.2) is 66.7 Å². The Balaban J connectivity index is 2.17. The van der Waals surface area contributed by atoms with Crippen molar-refractivity contribution < 1.29 is 9.53 Å². The standard InChI is InChI=1S/C21H17NO2/c1-14-11-12-17(21(23)24-2)20(13-14)22-18-9-5-3-7-15(18)16-8-4-6-10-19(16)22/h3-13H,1-2H3. The van der Waals surface area contributed by atoms with Gasteiger partial charge >= 0.3 is 5.97 Å². The molecule has 24 heavy (non-hydrogen) atoms. The second kappa shape index (κ2) is 5.53. The van der Waals surface area contributed by atoms with E-state index in [4.69, 9.17) is 4.74 Å². The van der Waals surface area contributed by atoms with Gasteiger partial charge < -0.3 is 9.30 Å². The molecule has 3 aromatic carbocycles. The van der Waals surface area contributed by atoms with Crippen LogP contribution in [0.1, 0.15) is 15.9 Å². The van der Waals surface area contributed by atoms with Crippen LogP contribution in [-0.4, -0.2) is 17.6 Å². The lowest BCUT2D eigenvalue weighted by molar-refractivity contribution is 0.0601. The van der Waals surface area contributed by atoms with Crippen LogP contribution in [0.25, 0.3) is 27.5 Å². The normalized spacial score (nSPS) is 11.1. The summed E-state index contributed by atoms with van der Waals surface area (Å²) < 4.78 is 7.13. The number of hydrogen-bond donors (Lipinski definition) is 0. The highest BCUT2D eigenvalue weighted by Crippen LogP contribution is 2.33. The van der Waals surface area contributed by atoms with E-state index in [1.54, 1.807) is 0 Å². The van der Waals surface area contributed by atoms with Crippen molar-refractivity contribution in [3.8, 4) is 5.69 Å². The third-order valence-corrected chi connectivity index (χ3v) is 4.38. The van der Waals surface area contributed by atoms with Crippen LogP contribution in [0.4, 0.5) is 0 Å². The summed E-state index contributed by atoms with van der Waals surface area (Å²) in [5, 5.41) is 2.34. The summed E-state index contributed by atoms with van der Waals surface area (Å²) in [6.07, 6.45) is 0. The van der Waals surface area contributed by atoms with Crippen LogP contribution in [0, 0.1) is 6.92 Å². The van der Waals surface area contributed by atoms with E-state index in [1.165, 1.54) is 17.9 Å². The van der Waals surface area contributed by atoms with Gasteiger partial charge in [-0.05, 0) is 36.8 Å². The van der Waals surface area contributed by atoms with Crippen molar-refractivity contribution in [2.75, 3.05) is 7.11 Å². The van der Waals surface area contributed by atoms with Crippen molar-refractivity contribution in [3.05, 3.63) is 77.9 Å². The zero-order chi connectivity index (χ0) is 16.7. The SMILES string of the molecule is COC(=O)c1ccc(C)cc1-n1c2ccccc2c2ccccc21. The van der Waals surface area contributed by atoms with Crippen molar-refractivity contribution in [2.45, 2.75) is 6.92 Å². The smallest absolute Gasteiger partial charge is 0.339 e. The zero-order valence-corrected chi connectivity index (χ0v) is 13.6. The van der Waals surface area contributed by atoms with Crippen molar-refractivity contribution in [1.82, 2.24) is 4.57 Å². The summed E-state index contributed by atoms with van der Waals surface area (Å²) in [5.74, 6) is -0.327. The molecule has 0 atom stereocenters. The maximum atomic E-state index is 12.3. The topological polar surface area (TPSA) is 31.2 Å². The first-order valence-corrected chi connectivity index (χ1v) is 7.88. The number of rotatable bonds is 2. The van der Waals surface area contributed by atoms with Gasteiger partial charge in [0.1, 0.15) is 0 Å². The van der Waals surface area contributed by atoms with E-state index >= 15 is 0 Å². The number of ether oxygens (including phenoxy) is 1. The summed E-state index contributed by atoms with van der Waals surface area (Å²) in [5.41, 5.74) is 4.66. The lowest BCUT2D eigenvalue weighted by Gasteiger charge is -2.13. The Kier molecular flexibility index (Phi) is 3.35. The lowest BCUT2D eigenvalue weighted by Crippen LogP contribution is -2.08. The molecular formula is C21H17NO2. The monoisotopic (exact) mass is 315 g/mol. The van der Waals surface area contributed by atoms with E-state index in [9.17, 15) is 4.79 Å². The molecule has 0 amide bonds. The number of methoxy groups -OCH3 is 1. The zero-order valence-electron chi connectivity index (χ0n) is 13.6. The predicted molar refractivity (Wildman–Crippen MR) is 96.9 cm³/mol. The molecule has 0 aliphatic carbocycles. The number of benzene rings is 3. The Morgan fingerprint density at radius 1 is 0.875 bits per heavy atom. The Bertz CT molecular complexity index is 1020. The summed E-state index contributed by atoms with van der Waals surface area (Å²) in [6.45, 7) is 2.03. The fraction of sp³-hybridized carbons (Fsp3) is 0.0952. The van der Waals surface area contributed by atoms with Gasteiger partial charge in [-0.3, -0.25) is 0 Å². The van der Waals surface area contributed by atoms with Gasteiger partial charge in [0.2, 0.25) is 0 Å². The number of fused-ring (bicyclic) bond motifs is 3. The van der Waals surface area contributed by atoms with Crippen LogP contribution >= 0.6 is 0 Å². The van der Waals surface area contributed by atoms with E-state index < -0.39 is 0 Å². The van der Waals surface area contributed by atoms with Crippen LogP contribution < -0.4 is 0 Å². The van der Waals surface area contributed by atoms with E-state index in [0.717, 1.165) is 22.3 Å². The molecule has 1 heterocycles. The first-order valence-electron chi connectivity index (χ1n) is 7.88. The average molecular weight is 315 g/mol. The van der Waals surface area contributed by atoms with Crippen molar-refractivity contribution in [1.29, 1.82) is 0 Å². The minimum atomic E-state index is -0.327. The highest BCUT2D eigenvalue weighted by molar-refractivity contribution is 6.10. The number of aryl methyl sites for hydroxylation is 1. The first-order chi connectivity index (χ1) is 11.7. The van der Waals surface area contributed by atoms with Gasteiger partial charge in [-0.25, -0.2) is 4.79 Å². The van der Waals surface area contributed by atoms with Crippen LogP contribution in [-0.2, 0) is 4.74 Å². The second-order valence-corrected chi connectivity index (χ2v) is 5.88. The summed E-state index contributed by atoms with van der Waals surface area (Å²) in [6, 6.07) is 22.3. The number of hydrogen-bond acceptors (Lipinski definition) is 2. The van der Waals surface area contributed by atoms with Crippen LogP contribution in [0.2, 0.25) is 0 Å². The third kappa shape index (κ3) is 2.09. The molecule has 4 aromatic rings. The molecule has 0 aliphatic heterocycles. The third-order valence-electron chi connectivity index (χ3n) is 4.38. The molecule has 0 aliphatic rings. The molecule has 0 saturated heterocycles. The Labute approximate surface area is 140 Å². The molecule has 1 aromatic heterocycles. The quantitative estimate of drug-likeness (QED) is 0.494. The van der Waals surface area contributed by atoms with Gasteiger partial charge in [-0.2, -0.15) is 0 Å². The molecule has 0 spiro atoms. The predicted octanol–water partition coefficient (Wildman–Crippen LogP) is 4.88. The summed E-state index contributed by atoms with van der Waals surface area (Å²) >= 11 is 0. The number of para-hydroxylation sites is 2. The average Bonchev–Trinajstić information content (AvgIpc) is 2.95. The van der Waals surface area contributed by atoms with Crippen LogP contribution in [0.3, 0.4) is 0 Å². The van der Waals surface area contributed by atoms with E-state index in [0.29, 0.717) is 5.56 Å². The molecule has 0 N–H and O–H groups in total. The summed E-state index contributed by atoms with van der Waals surface area (Å²) in [4.78, 5) is 12.3. The Morgan fingerprint density at radius 3 is 2.04 bits per heavy atom. The lowest BCUT2D eigenvalue weighted by atomic mass is 10.1. The van der Waals surface area contributed by atoms with Gasteiger partial charge in [-0.1, -0.05) is 42.5 Å². The Morgan fingerprint density at radius 2 is 1.46 bits per heavy atom. The second-order valence-electron chi connectivity index (χ2n) is 5.88. The molecule has 0 unspecified atom stereocenters. The minimum Gasteiger partial charge on any atom is -0.465 e. The number of carbonyl (C=O) groups is 1. The van der Waals surface area contributed by atoms with Crippen LogP contribution in [0.5, 0.6) is 0 Å². The van der Waals surface area contributed by atoms with Gasteiger partial charge in [0.25, 0.3) is 0 Å². The molecule has 0 bridgehead atoms. The van der Waals surface area contributed by atoms with Crippen molar-refractivity contribution in [3.63, 3.8) is 0 Å². The summed E-state index contributed by atoms with van der Waals surface area (Å²) in [7, 11) is 1.41. The van der Waals surface area contributed by atoms with Gasteiger partial charge in [0.15, 0.2) is 0 Å². The minimum absolute atomic E-state index is 0.327. The molecule has 0 radical (unpaired) electrons. The molecule has 3 heteroatoms. The maximum Gasteiger partial charge on any atom is 0.339 e. The molecule has 3 nitrogen and oxygen atoms in total. The number of nitrogens with zero attached hydrogens (tertiary/aromatic N) is 1. The number of esters is 1. The molecular weight excluding hydrogens is 298 g/mol. The molecule has 4 rings (SSSR count). The van der Waals surface area contributed by atoms with Gasteiger partial charge in [-0.15, -0.1) is 0 Å². The van der Waals surface area contributed by atoms with E-state index in [1.807, 2.05) is 49.4 Å². The highest BCUT2D eigenvalue weighted by Gasteiger charge is 2.18. The van der Waals surface area contributed by atoms with E-state index in [2.05, 4.69) is 28.8 Å². The van der Waals surface area contributed by atoms with Gasteiger partial charge in [0, 0.05) is 10.8 Å². The fourth-order valence-electron chi connectivity index (χ4n) is 3.29. The molecule has 0 saturated carbocycles. The highest BCUT2D eigenvalue weighted by atomic mass is 16.5. The van der Waals surface area contributed by atoms with E-state index in [-0.39, 0.29) is 5.97 Å². The largest absolute Gasteiger partial charge is 0.465 e. The van der Waals surface area contributed by atoms with Gasteiger partial charge in [0.05, 0.1) is 29.4 Å². The van der Waals surface area contributed by atoms with Crippen molar-refractivity contribution in [2.24, 2.45) is 0 Å². The first kappa shape index (κ1) is 14.5. The number of aromatic nitrogens is 1. The maximum absolute atomic E-state index is 12.3. The molecule has 0 fully saturated rings.